The number of pyridine rings is 2. The number of halogens is 3. The maximum absolute atomic E-state index is 13.0. The fourth-order valence-electron chi connectivity index (χ4n) is 4.58. The van der Waals surface area contributed by atoms with E-state index < -0.39 is 5.95 Å². The van der Waals surface area contributed by atoms with Crippen molar-refractivity contribution in [3.63, 3.8) is 0 Å². The standard InChI is InChI=1S/C13H18IN3O2.C9H10FIN2O.C4H9NO/c14-10-7-12(16-3-5-19-6-4-16)15-13(8-10)17-2-1-11(18)9-17;10-8-5-7(11)6-9(12-8)13-1-3-14-4-2-13;6-4-1-2-5-3-4/h7-8,11,18H,1-6,9H2;5-6H,1-4H2;4-6H,1-3H2/t11-;;4-/m1.1/s1. The van der Waals surface area contributed by atoms with Crippen LogP contribution < -0.4 is 20.0 Å². The van der Waals surface area contributed by atoms with E-state index >= 15 is 0 Å². The lowest BCUT2D eigenvalue weighted by atomic mass is 10.3. The van der Waals surface area contributed by atoms with Crippen molar-refractivity contribution >= 4 is 62.6 Å². The molecule has 6 heterocycles. The van der Waals surface area contributed by atoms with E-state index in [1.165, 1.54) is 9.64 Å². The van der Waals surface area contributed by atoms with E-state index in [2.05, 4.69) is 77.4 Å². The molecule has 0 saturated carbocycles. The lowest BCUT2D eigenvalue weighted by Crippen LogP contribution is -2.37. The third-order valence-electron chi connectivity index (χ3n) is 6.70. The summed E-state index contributed by atoms with van der Waals surface area (Å²) in [6.07, 6.45) is 1.48. The van der Waals surface area contributed by atoms with Gasteiger partial charge in [-0.2, -0.15) is 4.39 Å². The molecule has 6 rings (SSSR count). The van der Waals surface area contributed by atoms with E-state index in [0.29, 0.717) is 25.6 Å². The summed E-state index contributed by atoms with van der Waals surface area (Å²) in [6.45, 7) is 9.64. The summed E-state index contributed by atoms with van der Waals surface area (Å²) in [7, 11) is 0. The number of ether oxygens (including phenoxy) is 2. The fourth-order valence-corrected chi connectivity index (χ4v) is 5.68. The third-order valence-corrected chi connectivity index (χ3v) is 7.95. The molecule has 39 heavy (non-hydrogen) atoms. The van der Waals surface area contributed by atoms with Crippen molar-refractivity contribution in [2.24, 2.45) is 0 Å². The van der Waals surface area contributed by atoms with Gasteiger partial charge in [0.1, 0.15) is 17.5 Å². The van der Waals surface area contributed by atoms with Gasteiger partial charge in [-0.1, -0.05) is 0 Å². The maximum atomic E-state index is 13.0. The summed E-state index contributed by atoms with van der Waals surface area (Å²) in [5.74, 6) is 2.28. The normalized spacial score (nSPS) is 23.2. The number of hydrogen-bond donors (Lipinski definition) is 3. The number of morpholine rings is 2. The first-order valence-corrected chi connectivity index (χ1v) is 15.5. The summed E-state index contributed by atoms with van der Waals surface area (Å²) < 4.78 is 25.7. The Bertz CT molecular complexity index is 996. The molecule has 3 N–H and O–H groups in total. The summed E-state index contributed by atoms with van der Waals surface area (Å²) in [4.78, 5) is 15.1. The van der Waals surface area contributed by atoms with Gasteiger partial charge in [0.25, 0.3) is 0 Å². The molecule has 0 unspecified atom stereocenters. The van der Waals surface area contributed by atoms with Crippen molar-refractivity contribution in [1.82, 2.24) is 15.3 Å². The van der Waals surface area contributed by atoms with Crippen LogP contribution in [0.5, 0.6) is 0 Å². The van der Waals surface area contributed by atoms with Crippen LogP contribution >= 0.6 is 45.2 Å². The molecule has 2 aromatic heterocycles. The van der Waals surface area contributed by atoms with E-state index in [0.717, 1.165) is 87.1 Å². The zero-order valence-electron chi connectivity index (χ0n) is 21.9. The predicted octanol–water partition coefficient (Wildman–Crippen LogP) is 2.10. The minimum absolute atomic E-state index is 0.0648. The Balaban J connectivity index is 0.000000154. The Morgan fingerprint density at radius 2 is 1.28 bits per heavy atom. The van der Waals surface area contributed by atoms with E-state index in [1.54, 1.807) is 0 Å². The first-order chi connectivity index (χ1) is 18.9. The third kappa shape index (κ3) is 10.0. The monoisotopic (exact) mass is 770 g/mol. The van der Waals surface area contributed by atoms with Crippen LogP contribution in [0.15, 0.2) is 24.3 Å². The quantitative estimate of drug-likeness (QED) is 0.318. The molecule has 0 amide bonds. The molecular weight excluding hydrogens is 733 g/mol. The van der Waals surface area contributed by atoms with Gasteiger partial charge in [-0.15, -0.1) is 0 Å². The number of rotatable bonds is 3. The molecule has 13 heteroatoms. The molecule has 0 aromatic carbocycles. The highest BCUT2D eigenvalue weighted by Crippen LogP contribution is 2.25. The molecule has 10 nitrogen and oxygen atoms in total. The molecule has 0 aliphatic carbocycles. The summed E-state index contributed by atoms with van der Waals surface area (Å²) >= 11 is 4.42. The van der Waals surface area contributed by atoms with Crippen LogP contribution in [0.1, 0.15) is 12.8 Å². The molecule has 2 aromatic rings. The molecule has 0 radical (unpaired) electrons. The van der Waals surface area contributed by atoms with Crippen LogP contribution in [0.3, 0.4) is 0 Å². The van der Waals surface area contributed by atoms with E-state index in [4.69, 9.17) is 19.6 Å². The van der Waals surface area contributed by atoms with Crippen LogP contribution in [0.2, 0.25) is 0 Å². The van der Waals surface area contributed by atoms with Gasteiger partial charge in [0.15, 0.2) is 0 Å². The number of anilines is 3. The minimum atomic E-state index is -0.418. The number of hydrogen-bond acceptors (Lipinski definition) is 10. The Labute approximate surface area is 256 Å². The van der Waals surface area contributed by atoms with Crippen LogP contribution in [0.25, 0.3) is 0 Å². The van der Waals surface area contributed by atoms with Gasteiger partial charge in [0.2, 0.25) is 5.95 Å². The zero-order valence-corrected chi connectivity index (χ0v) is 26.3. The summed E-state index contributed by atoms with van der Waals surface area (Å²) in [5, 5.41) is 21.3. The number of aliphatic hydroxyl groups is 2. The van der Waals surface area contributed by atoms with Crippen LogP contribution in [0, 0.1) is 13.1 Å². The SMILES string of the molecule is Fc1cc(I)cc(N2CCOCC2)n1.O[C@@H]1CCN(c2cc(I)cc(N3CCOCC3)n2)C1.O[C@@H]1CCNC1. The Hall–Kier alpha value is -1.11. The predicted molar refractivity (Wildman–Crippen MR) is 166 cm³/mol. The number of aromatic nitrogens is 2. The second-order valence-electron chi connectivity index (χ2n) is 9.70. The lowest BCUT2D eigenvalue weighted by Gasteiger charge is -2.29. The molecule has 4 fully saturated rings. The highest BCUT2D eigenvalue weighted by Gasteiger charge is 2.23. The van der Waals surface area contributed by atoms with E-state index in [9.17, 15) is 9.50 Å². The van der Waals surface area contributed by atoms with Crippen LogP contribution in [0.4, 0.5) is 21.8 Å². The Kier molecular flexibility index (Phi) is 12.5. The van der Waals surface area contributed by atoms with E-state index in [-0.39, 0.29) is 12.2 Å². The van der Waals surface area contributed by atoms with Gasteiger partial charge >= 0.3 is 0 Å². The van der Waals surface area contributed by atoms with E-state index in [1.807, 2.05) is 11.0 Å². The molecule has 0 spiro atoms. The van der Waals surface area contributed by atoms with Crippen LogP contribution in [-0.2, 0) is 9.47 Å². The topological polar surface area (TPSA) is 106 Å². The average Bonchev–Trinajstić information content (AvgIpc) is 3.60. The summed E-state index contributed by atoms with van der Waals surface area (Å²) in [5.41, 5.74) is 0. The smallest absolute Gasteiger partial charge is 0.215 e. The van der Waals surface area contributed by atoms with Gasteiger partial charge in [-0.05, 0) is 82.8 Å². The van der Waals surface area contributed by atoms with Crippen molar-refractivity contribution in [2.75, 3.05) is 93.5 Å². The average molecular weight is 770 g/mol. The number of nitrogens with zero attached hydrogens (tertiary/aromatic N) is 5. The van der Waals surface area contributed by atoms with Gasteiger partial charge in [0.05, 0.1) is 38.6 Å². The Morgan fingerprint density at radius 3 is 1.72 bits per heavy atom. The highest BCUT2D eigenvalue weighted by molar-refractivity contribution is 14.1. The second-order valence-corrected chi connectivity index (χ2v) is 12.2. The Morgan fingerprint density at radius 1 is 0.744 bits per heavy atom. The number of aliphatic hydroxyl groups excluding tert-OH is 2. The van der Waals surface area contributed by atoms with Gasteiger partial charge in [0, 0.05) is 59.0 Å². The second kappa shape index (κ2) is 15.8. The molecule has 4 aliphatic rings. The maximum Gasteiger partial charge on any atom is 0.215 e. The van der Waals surface area contributed by atoms with Crippen molar-refractivity contribution in [3.8, 4) is 0 Å². The molecule has 0 bridgehead atoms. The van der Waals surface area contributed by atoms with Crippen molar-refractivity contribution < 1.29 is 24.1 Å². The zero-order chi connectivity index (χ0) is 27.6. The van der Waals surface area contributed by atoms with Crippen LogP contribution in [-0.4, -0.2) is 111 Å². The van der Waals surface area contributed by atoms with Crippen molar-refractivity contribution in [2.45, 2.75) is 25.0 Å². The summed E-state index contributed by atoms with van der Waals surface area (Å²) in [6, 6.07) is 7.50. The number of nitrogens with one attached hydrogen (secondary N) is 1. The number of β-amino-alcohol motifs (C(OH)–C–C–N with tert-alkyl or cyclic N) is 2. The fraction of sp³-hybridized carbons (Fsp3) is 0.615. The first-order valence-electron chi connectivity index (χ1n) is 13.4. The van der Waals surface area contributed by atoms with Crippen molar-refractivity contribution in [3.05, 3.63) is 37.4 Å². The highest BCUT2D eigenvalue weighted by atomic mass is 127. The minimum Gasteiger partial charge on any atom is -0.392 e. The lowest BCUT2D eigenvalue weighted by molar-refractivity contribution is 0.122. The molecule has 4 aliphatic heterocycles. The van der Waals surface area contributed by atoms with Gasteiger partial charge in [-0.3, -0.25) is 0 Å². The molecule has 2 atom stereocenters. The largest absolute Gasteiger partial charge is 0.392 e. The van der Waals surface area contributed by atoms with Gasteiger partial charge in [-0.25, -0.2) is 9.97 Å². The van der Waals surface area contributed by atoms with Gasteiger partial charge < -0.3 is 39.7 Å². The molecule has 4 saturated heterocycles. The molecular formula is C26H37FI2N6O4. The molecule has 216 valence electrons. The first kappa shape index (κ1) is 30.8. The van der Waals surface area contributed by atoms with Crippen molar-refractivity contribution in [1.29, 1.82) is 0 Å².